The second kappa shape index (κ2) is 3.21. The molecule has 0 amide bonds. The van der Waals surface area contributed by atoms with Gasteiger partial charge in [0.1, 0.15) is 0 Å². The van der Waals surface area contributed by atoms with Crippen LogP contribution in [0.25, 0.3) is 0 Å². The van der Waals surface area contributed by atoms with Gasteiger partial charge in [-0.1, -0.05) is 0 Å². The fourth-order valence-electron chi connectivity index (χ4n) is 1.43. The van der Waals surface area contributed by atoms with E-state index in [-0.39, 0.29) is 0 Å². The predicted molar refractivity (Wildman–Crippen MR) is 40.9 cm³/mol. The summed E-state index contributed by atoms with van der Waals surface area (Å²) in [5.74, 6) is -1.18. The molecule has 6 heteroatoms. The molecular formula is C8H10O6. The van der Waals surface area contributed by atoms with E-state index in [0.717, 1.165) is 0 Å². The van der Waals surface area contributed by atoms with E-state index in [2.05, 4.69) is 0 Å². The number of carbonyl (C=O) groups is 2. The Balaban J connectivity index is 2.08. The molecule has 0 unspecified atom stereocenters. The van der Waals surface area contributed by atoms with Crippen LogP contribution in [-0.2, 0) is 28.5 Å². The van der Waals surface area contributed by atoms with Crippen LogP contribution in [0.2, 0.25) is 0 Å². The van der Waals surface area contributed by atoms with Gasteiger partial charge in [0.15, 0.2) is 12.2 Å². The van der Waals surface area contributed by atoms with E-state index in [1.807, 2.05) is 0 Å². The highest BCUT2D eigenvalue weighted by atomic mass is 16.8. The Labute approximate surface area is 80.1 Å². The van der Waals surface area contributed by atoms with Crippen LogP contribution in [0.15, 0.2) is 0 Å². The molecule has 2 aliphatic heterocycles. The number of cyclic esters (lactones) is 2. The van der Waals surface area contributed by atoms with E-state index >= 15 is 0 Å². The minimum atomic E-state index is -0.998. The fraction of sp³-hybridized carbons (Fsp3) is 0.750. The smallest absolute Gasteiger partial charge is 0.341 e. The van der Waals surface area contributed by atoms with E-state index in [0.29, 0.717) is 0 Å². The Kier molecular flexibility index (Phi) is 2.16. The van der Waals surface area contributed by atoms with Crippen LogP contribution in [0, 0.1) is 0 Å². The molecule has 0 N–H and O–H groups in total. The summed E-state index contributed by atoms with van der Waals surface area (Å²) in [7, 11) is 0. The molecule has 0 aromatic rings. The molecule has 78 valence electrons. The van der Waals surface area contributed by atoms with Crippen molar-refractivity contribution in [3.63, 3.8) is 0 Å². The SMILES string of the molecule is C[C@H]1OC(=O)[C@@H]([C@H]2O[C@@H](C)OC2=O)O1. The molecule has 2 heterocycles. The van der Waals surface area contributed by atoms with Gasteiger partial charge in [-0.25, -0.2) is 9.59 Å². The zero-order chi connectivity index (χ0) is 10.3. The highest BCUT2D eigenvalue weighted by molar-refractivity contribution is 5.87. The summed E-state index contributed by atoms with van der Waals surface area (Å²) in [4.78, 5) is 22.4. The Hall–Kier alpha value is -1.14. The van der Waals surface area contributed by atoms with Gasteiger partial charge in [0, 0.05) is 0 Å². The fourth-order valence-corrected chi connectivity index (χ4v) is 1.43. The Morgan fingerprint density at radius 3 is 1.43 bits per heavy atom. The van der Waals surface area contributed by atoms with E-state index in [4.69, 9.17) is 18.9 Å². The Bertz CT molecular complexity index is 247. The minimum absolute atomic E-state index is 0.589. The zero-order valence-corrected chi connectivity index (χ0v) is 7.76. The standard InChI is InChI=1S/C8H10O6/c1-3-11-5(7(9)13-3)6-8(10)14-4(2)12-6/h3-6H,1-2H3/t3-,4-,5-,6-/m1/s1. The summed E-state index contributed by atoms with van der Waals surface area (Å²) in [6.07, 6.45) is -3.27. The third-order valence-electron chi connectivity index (χ3n) is 1.98. The summed E-state index contributed by atoms with van der Waals surface area (Å²) in [5, 5.41) is 0. The molecule has 0 spiro atoms. The average molecular weight is 202 g/mol. The van der Waals surface area contributed by atoms with Crippen LogP contribution >= 0.6 is 0 Å². The maximum absolute atomic E-state index is 11.2. The molecule has 0 saturated carbocycles. The van der Waals surface area contributed by atoms with Crippen molar-refractivity contribution in [1.29, 1.82) is 0 Å². The number of hydrogen-bond acceptors (Lipinski definition) is 6. The topological polar surface area (TPSA) is 71.1 Å². The number of ether oxygens (including phenoxy) is 4. The monoisotopic (exact) mass is 202 g/mol. The first-order valence-corrected chi connectivity index (χ1v) is 4.30. The van der Waals surface area contributed by atoms with Crippen molar-refractivity contribution < 1.29 is 28.5 Å². The minimum Gasteiger partial charge on any atom is -0.434 e. The molecule has 2 aliphatic rings. The maximum Gasteiger partial charge on any atom is 0.341 e. The van der Waals surface area contributed by atoms with Crippen LogP contribution in [0.4, 0.5) is 0 Å². The lowest BCUT2D eigenvalue weighted by atomic mass is 10.2. The number of esters is 2. The van der Waals surface area contributed by atoms with Crippen molar-refractivity contribution >= 4 is 11.9 Å². The molecule has 0 aromatic carbocycles. The van der Waals surface area contributed by atoms with Crippen LogP contribution in [0.1, 0.15) is 13.8 Å². The number of rotatable bonds is 1. The normalized spacial score (nSPS) is 42.4. The molecule has 2 rings (SSSR count). The van der Waals surface area contributed by atoms with Gasteiger partial charge in [-0.2, -0.15) is 0 Å². The summed E-state index contributed by atoms with van der Waals surface area (Å²) in [5.41, 5.74) is 0. The summed E-state index contributed by atoms with van der Waals surface area (Å²) >= 11 is 0. The highest BCUT2D eigenvalue weighted by Crippen LogP contribution is 2.24. The second-order valence-electron chi connectivity index (χ2n) is 3.12. The van der Waals surface area contributed by atoms with Crippen LogP contribution in [0.3, 0.4) is 0 Å². The molecule has 0 radical (unpaired) electrons. The molecule has 6 nitrogen and oxygen atoms in total. The molecule has 0 aliphatic carbocycles. The molecule has 0 bridgehead atoms. The Morgan fingerprint density at radius 1 is 0.857 bits per heavy atom. The third kappa shape index (κ3) is 1.46. The number of carbonyl (C=O) groups excluding carboxylic acids is 2. The maximum atomic E-state index is 11.2. The van der Waals surface area contributed by atoms with Crippen LogP contribution in [-0.4, -0.2) is 36.7 Å². The van der Waals surface area contributed by atoms with E-state index in [1.54, 1.807) is 13.8 Å². The lowest BCUT2D eigenvalue weighted by molar-refractivity contribution is -0.148. The molecule has 2 saturated heterocycles. The molecule has 14 heavy (non-hydrogen) atoms. The molecule has 4 atom stereocenters. The first-order valence-electron chi connectivity index (χ1n) is 4.30. The van der Waals surface area contributed by atoms with Gasteiger partial charge in [-0.15, -0.1) is 0 Å². The van der Waals surface area contributed by atoms with Crippen molar-refractivity contribution in [2.24, 2.45) is 0 Å². The van der Waals surface area contributed by atoms with Crippen molar-refractivity contribution in [3.8, 4) is 0 Å². The van der Waals surface area contributed by atoms with Crippen LogP contribution in [0.5, 0.6) is 0 Å². The zero-order valence-electron chi connectivity index (χ0n) is 7.76. The quantitative estimate of drug-likeness (QED) is 0.537. The molecular weight excluding hydrogens is 192 g/mol. The van der Waals surface area contributed by atoms with Crippen molar-refractivity contribution in [1.82, 2.24) is 0 Å². The van der Waals surface area contributed by atoms with Gasteiger partial charge in [-0.05, 0) is 13.8 Å². The molecule has 0 aromatic heterocycles. The van der Waals surface area contributed by atoms with Gasteiger partial charge < -0.3 is 18.9 Å². The van der Waals surface area contributed by atoms with E-state index < -0.39 is 36.7 Å². The van der Waals surface area contributed by atoms with Gasteiger partial charge >= 0.3 is 11.9 Å². The first kappa shape index (κ1) is 9.42. The van der Waals surface area contributed by atoms with Crippen LogP contribution < -0.4 is 0 Å². The summed E-state index contributed by atoms with van der Waals surface area (Å²) in [6.45, 7) is 3.14. The highest BCUT2D eigenvalue weighted by Gasteiger charge is 2.48. The lowest BCUT2D eigenvalue weighted by Gasteiger charge is -2.09. The van der Waals surface area contributed by atoms with Gasteiger partial charge in [-0.3, -0.25) is 0 Å². The summed E-state index contributed by atoms with van der Waals surface area (Å²) in [6, 6.07) is 0. The second-order valence-corrected chi connectivity index (χ2v) is 3.12. The average Bonchev–Trinajstić information content (AvgIpc) is 2.55. The summed E-state index contributed by atoms with van der Waals surface area (Å²) < 4.78 is 19.6. The largest absolute Gasteiger partial charge is 0.434 e. The van der Waals surface area contributed by atoms with E-state index in [9.17, 15) is 9.59 Å². The van der Waals surface area contributed by atoms with Crippen molar-refractivity contribution in [2.75, 3.05) is 0 Å². The number of hydrogen-bond donors (Lipinski definition) is 0. The van der Waals surface area contributed by atoms with Crippen molar-refractivity contribution in [2.45, 2.75) is 38.6 Å². The lowest BCUT2D eigenvalue weighted by Crippen LogP contribution is -2.36. The Morgan fingerprint density at radius 2 is 1.21 bits per heavy atom. The van der Waals surface area contributed by atoms with Crippen molar-refractivity contribution in [3.05, 3.63) is 0 Å². The van der Waals surface area contributed by atoms with E-state index in [1.165, 1.54) is 0 Å². The van der Waals surface area contributed by atoms with Gasteiger partial charge in [0.2, 0.25) is 12.6 Å². The molecule has 2 fully saturated rings. The third-order valence-corrected chi connectivity index (χ3v) is 1.98. The first-order chi connectivity index (χ1) is 6.58. The van der Waals surface area contributed by atoms with Gasteiger partial charge in [0.05, 0.1) is 0 Å². The van der Waals surface area contributed by atoms with Gasteiger partial charge in [0.25, 0.3) is 0 Å². The predicted octanol–water partition coefficient (Wildman–Crippen LogP) is -0.438.